The van der Waals surface area contributed by atoms with Crippen LogP contribution in [-0.2, 0) is 42.9 Å². The van der Waals surface area contributed by atoms with Crippen molar-refractivity contribution in [2.24, 2.45) is 0 Å². The largest absolute Gasteiger partial charge is 0.479 e. The summed E-state index contributed by atoms with van der Waals surface area (Å²) in [5.41, 5.74) is 0. The van der Waals surface area contributed by atoms with E-state index in [1.54, 1.807) is 0 Å². The highest BCUT2D eigenvalue weighted by atomic mass is 16.7. The Morgan fingerprint density at radius 2 is 0.863 bits per heavy atom. The number of aliphatic carboxylic acids is 1. The van der Waals surface area contributed by atoms with Crippen molar-refractivity contribution >= 4 is 23.9 Å². The summed E-state index contributed by atoms with van der Waals surface area (Å²) in [7, 11) is 0. The van der Waals surface area contributed by atoms with E-state index in [9.17, 15) is 34.5 Å². The van der Waals surface area contributed by atoms with Gasteiger partial charge in [-0.2, -0.15) is 0 Å². The second-order valence-electron chi connectivity index (χ2n) is 19.2. The molecule has 0 aromatic carbocycles. The minimum absolute atomic E-state index is 0.0462. The third-order valence-electron chi connectivity index (χ3n) is 12.4. The van der Waals surface area contributed by atoms with E-state index in [0.717, 1.165) is 116 Å². The molecule has 1 saturated heterocycles. The quantitative estimate of drug-likeness (QED) is 0.0228. The number of hydrogen-bond donors (Lipinski definition) is 3. The minimum Gasteiger partial charge on any atom is -0.479 e. The van der Waals surface area contributed by atoms with Crippen LogP contribution in [0.5, 0.6) is 0 Å². The molecule has 0 radical (unpaired) electrons. The molecule has 3 N–H and O–H groups in total. The molecule has 0 bridgehead atoms. The number of aliphatic hydroxyl groups excluding tert-OH is 2. The molecule has 12 nitrogen and oxygen atoms in total. The van der Waals surface area contributed by atoms with Crippen molar-refractivity contribution < 1.29 is 58.2 Å². The molecule has 6 unspecified atom stereocenters. The molecule has 1 fully saturated rings. The van der Waals surface area contributed by atoms with Crippen LogP contribution in [0.25, 0.3) is 0 Å². The number of carboxylic acid groups (broad SMARTS) is 1. The molecule has 0 aromatic rings. The molecule has 6 atom stereocenters. The second kappa shape index (κ2) is 48.8. The van der Waals surface area contributed by atoms with Gasteiger partial charge in [0, 0.05) is 19.3 Å². The van der Waals surface area contributed by atoms with Crippen LogP contribution in [0.1, 0.15) is 226 Å². The normalized spacial score (nSPS) is 18.9. The standard InChI is InChI=1S/C61H100O12/c1-4-7-10-13-16-19-22-25-26-27-28-31-34-37-40-43-46-49-55(64)72-59-57(66)56(65)58(60(67)68)73-61(59)70-51-52(71-54(63)48-45-42-39-36-33-30-24-21-18-15-12-9-6-3)50-69-53(62)47-44-41-38-35-32-29-23-20-17-14-11-8-5-2/h8-9,11-12,17-18,20-21,25-26,29-30,32-33,52,56-59,61,65-66H,4-7,10,13-16,19,22-24,27-28,31,34-51H2,1-3H3,(H,67,68)/b11-8-,12-9-,20-17-,21-18-,26-25-,32-29-,33-30-. The molecular formula is C61H100O12. The van der Waals surface area contributed by atoms with Crippen LogP contribution in [-0.4, -0.2) is 89.2 Å². The Hall–Kier alpha value is -4.10. The van der Waals surface area contributed by atoms with Crippen LogP contribution in [0.3, 0.4) is 0 Å². The van der Waals surface area contributed by atoms with E-state index in [-0.39, 0.29) is 25.9 Å². The summed E-state index contributed by atoms with van der Waals surface area (Å²) in [6, 6.07) is 0. The van der Waals surface area contributed by atoms with Gasteiger partial charge in [0.05, 0.1) is 6.61 Å². The first-order chi connectivity index (χ1) is 35.6. The van der Waals surface area contributed by atoms with Crippen molar-refractivity contribution in [1.82, 2.24) is 0 Å². The number of unbranched alkanes of at least 4 members (excludes halogenated alkanes) is 19. The molecule has 0 saturated carbocycles. The van der Waals surface area contributed by atoms with Crippen molar-refractivity contribution in [1.29, 1.82) is 0 Å². The van der Waals surface area contributed by atoms with Gasteiger partial charge in [-0.25, -0.2) is 4.79 Å². The lowest BCUT2D eigenvalue weighted by atomic mass is 9.98. The van der Waals surface area contributed by atoms with E-state index in [1.807, 2.05) is 0 Å². The first-order valence-electron chi connectivity index (χ1n) is 28.6. The summed E-state index contributed by atoms with van der Waals surface area (Å²) in [6.07, 6.45) is 49.9. The molecular weight excluding hydrogens is 925 g/mol. The summed E-state index contributed by atoms with van der Waals surface area (Å²) in [5, 5.41) is 31.4. The zero-order valence-corrected chi connectivity index (χ0v) is 45.6. The number of esters is 3. The Balaban J connectivity index is 2.73. The molecule has 0 aromatic heterocycles. The number of aliphatic hydroxyl groups is 2. The van der Waals surface area contributed by atoms with Crippen molar-refractivity contribution in [2.75, 3.05) is 13.2 Å². The SMILES string of the molecule is CC/C=C\C/C=C\C/C=C\CCCCCC(=O)OCC(COC1OC(C(=O)O)C(O)C(O)C1OC(=O)CCCCCCCCC/C=C\CCCCCCCC)OC(=O)CCCCC/C=C\C/C=C\C/C=C\CC. The molecule has 0 aliphatic carbocycles. The van der Waals surface area contributed by atoms with Crippen LogP contribution in [0.4, 0.5) is 0 Å². The van der Waals surface area contributed by atoms with Gasteiger partial charge in [-0.1, -0.05) is 183 Å². The fourth-order valence-corrected chi connectivity index (χ4v) is 8.10. The lowest BCUT2D eigenvalue weighted by Gasteiger charge is -2.40. The van der Waals surface area contributed by atoms with Crippen LogP contribution in [0, 0.1) is 0 Å². The molecule has 73 heavy (non-hydrogen) atoms. The molecule has 12 heteroatoms. The maximum atomic E-state index is 13.1. The van der Waals surface area contributed by atoms with Gasteiger partial charge in [0.1, 0.15) is 18.8 Å². The Labute approximate surface area is 441 Å². The Kier molecular flexibility index (Phi) is 44.7. The third-order valence-corrected chi connectivity index (χ3v) is 12.4. The Morgan fingerprint density at radius 3 is 1.34 bits per heavy atom. The van der Waals surface area contributed by atoms with E-state index in [1.165, 1.54) is 51.4 Å². The van der Waals surface area contributed by atoms with Gasteiger partial charge in [0.25, 0.3) is 0 Å². The number of carbonyl (C=O) groups excluding carboxylic acids is 3. The summed E-state index contributed by atoms with van der Waals surface area (Å²) in [4.78, 5) is 51.0. The summed E-state index contributed by atoms with van der Waals surface area (Å²) >= 11 is 0. The van der Waals surface area contributed by atoms with E-state index < -0.39 is 67.3 Å². The maximum absolute atomic E-state index is 13.1. The Bertz CT molecular complexity index is 1590. The minimum atomic E-state index is -1.91. The van der Waals surface area contributed by atoms with Gasteiger partial charge >= 0.3 is 23.9 Å². The smallest absolute Gasteiger partial charge is 0.335 e. The first-order valence-corrected chi connectivity index (χ1v) is 28.6. The van der Waals surface area contributed by atoms with Gasteiger partial charge < -0.3 is 39.0 Å². The van der Waals surface area contributed by atoms with Crippen molar-refractivity contribution in [3.05, 3.63) is 85.1 Å². The molecule has 1 aliphatic heterocycles. The van der Waals surface area contributed by atoms with E-state index >= 15 is 0 Å². The molecule has 0 spiro atoms. The highest BCUT2D eigenvalue weighted by Crippen LogP contribution is 2.26. The van der Waals surface area contributed by atoms with E-state index in [4.69, 9.17) is 23.7 Å². The van der Waals surface area contributed by atoms with Gasteiger partial charge in [-0.15, -0.1) is 0 Å². The molecule has 1 heterocycles. The molecule has 416 valence electrons. The average Bonchev–Trinajstić information content (AvgIpc) is 3.37. The van der Waals surface area contributed by atoms with Gasteiger partial charge in [0.2, 0.25) is 0 Å². The van der Waals surface area contributed by atoms with Gasteiger partial charge in [0.15, 0.2) is 24.6 Å². The van der Waals surface area contributed by atoms with Crippen LogP contribution < -0.4 is 0 Å². The van der Waals surface area contributed by atoms with E-state index in [2.05, 4.69) is 106 Å². The zero-order chi connectivity index (χ0) is 53.3. The third kappa shape index (κ3) is 39.0. The van der Waals surface area contributed by atoms with Crippen molar-refractivity contribution in [3.8, 4) is 0 Å². The number of carbonyl (C=O) groups is 4. The lowest BCUT2D eigenvalue weighted by Crippen LogP contribution is -2.61. The predicted octanol–water partition coefficient (Wildman–Crippen LogP) is 14.3. The second-order valence-corrected chi connectivity index (χ2v) is 19.2. The number of rotatable bonds is 47. The summed E-state index contributed by atoms with van der Waals surface area (Å²) < 4.78 is 28.3. The fourth-order valence-electron chi connectivity index (χ4n) is 8.10. The molecule has 0 amide bonds. The highest BCUT2D eigenvalue weighted by molar-refractivity contribution is 5.74. The first kappa shape index (κ1) is 66.9. The van der Waals surface area contributed by atoms with Crippen LogP contribution in [0.15, 0.2) is 85.1 Å². The predicted molar refractivity (Wildman–Crippen MR) is 294 cm³/mol. The summed E-state index contributed by atoms with van der Waals surface area (Å²) in [6.45, 7) is 5.69. The topological polar surface area (TPSA) is 175 Å². The van der Waals surface area contributed by atoms with Crippen LogP contribution >= 0.6 is 0 Å². The Morgan fingerprint density at radius 1 is 0.466 bits per heavy atom. The maximum Gasteiger partial charge on any atom is 0.335 e. The fraction of sp³-hybridized carbons (Fsp3) is 0.705. The van der Waals surface area contributed by atoms with Crippen molar-refractivity contribution in [2.45, 2.75) is 263 Å². The summed E-state index contributed by atoms with van der Waals surface area (Å²) in [5.74, 6) is -3.21. The van der Waals surface area contributed by atoms with E-state index in [0.29, 0.717) is 19.3 Å². The average molecular weight is 1030 g/mol. The number of hydrogen-bond acceptors (Lipinski definition) is 11. The lowest BCUT2D eigenvalue weighted by molar-refractivity contribution is -0.301. The van der Waals surface area contributed by atoms with Crippen molar-refractivity contribution in [3.63, 3.8) is 0 Å². The molecule has 1 aliphatic rings. The highest BCUT2D eigenvalue weighted by Gasteiger charge is 2.50. The van der Waals surface area contributed by atoms with Gasteiger partial charge in [-0.05, 0) is 109 Å². The number of ether oxygens (including phenoxy) is 5. The van der Waals surface area contributed by atoms with Crippen LogP contribution in [0.2, 0.25) is 0 Å². The number of allylic oxidation sites excluding steroid dienone is 14. The molecule has 1 rings (SSSR count). The number of carboxylic acids is 1. The van der Waals surface area contributed by atoms with Gasteiger partial charge in [-0.3, -0.25) is 14.4 Å². The zero-order valence-electron chi connectivity index (χ0n) is 45.6. The monoisotopic (exact) mass is 1020 g/mol.